The third-order valence-corrected chi connectivity index (χ3v) is 3.19. The predicted octanol–water partition coefficient (Wildman–Crippen LogP) is 0.883. The van der Waals surface area contributed by atoms with Crippen LogP contribution >= 0.6 is 0 Å². The van der Waals surface area contributed by atoms with Gasteiger partial charge in [-0.1, -0.05) is 0 Å². The van der Waals surface area contributed by atoms with Gasteiger partial charge in [-0.2, -0.15) is 0 Å². The topological polar surface area (TPSA) is 115 Å². The molecule has 0 radical (unpaired) electrons. The Morgan fingerprint density at radius 3 is 2.42 bits per heavy atom. The van der Waals surface area contributed by atoms with E-state index in [0.29, 0.717) is 11.4 Å². The number of oxazole rings is 1. The quantitative estimate of drug-likeness (QED) is 0.866. The molecule has 2 rings (SSSR count). The maximum atomic E-state index is 11.7. The van der Waals surface area contributed by atoms with Crippen molar-refractivity contribution in [2.75, 3.05) is 5.32 Å². The lowest BCUT2D eigenvalue weighted by Gasteiger charge is -2.03. The molecule has 1 aromatic heterocycles. The molecule has 0 unspecified atom stereocenters. The van der Waals surface area contributed by atoms with Crippen LogP contribution in [0.2, 0.25) is 0 Å². The zero-order valence-corrected chi connectivity index (χ0v) is 10.8. The molecule has 1 aromatic carbocycles. The van der Waals surface area contributed by atoms with Gasteiger partial charge in [0.15, 0.2) is 0 Å². The number of aryl methyl sites for hydroxylation is 1. The van der Waals surface area contributed by atoms with Gasteiger partial charge in [-0.15, -0.1) is 0 Å². The lowest BCUT2D eigenvalue weighted by Crippen LogP contribution is -2.14. The van der Waals surface area contributed by atoms with Gasteiger partial charge in [0.1, 0.15) is 5.76 Å². The molecule has 0 bridgehead atoms. The molecule has 7 nitrogen and oxygen atoms in total. The van der Waals surface area contributed by atoms with Crippen molar-refractivity contribution in [1.82, 2.24) is 4.98 Å². The zero-order chi connectivity index (χ0) is 14.0. The molecule has 3 N–H and O–H groups in total. The van der Waals surface area contributed by atoms with Gasteiger partial charge < -0.3 is 9.73 Å². The molecule has 0 aliphatic carbocycles. The average molecular weight is 281 g/mol. The molecular weight excluding hydrogens is 270 g/mol. The first-order valence-corrected chi connectivity index (χ1v) is 6.77. The minimum atomic E-state index is -3.74. The largest absolute Gasteiger partial charge is 0.438 e. The number of rotatable bonds is 3. The predicted molar refractivity (Wildman–Crippen MR) is 67.0 cm³/mol. The summed E-state index contributed by atoms with van der Waals surface area (Å²) in [6.45, 7) is 1.67. The van der Waals surface area contributed by atoms with Crippen LogP contribution in [0.4, 0.5) is 5.69 Å². The zero-order valence-electron chi connectivity index (χ0n) is 9.95. The molecule has 0 atom stereocenters. The number of carbonyl (C=O) groups is 1. The number of nitrogens with zero attached hydrogens (tertiary/aromatic N) is 1. The molecule has 1 heterocycles. The Bertz CT molecular complexity index is 704. The molecule has 100 valence electrons. The van der Waals surface area contributed by atoms with Crippen LogP contribution in [0.15, 0.2) is 39.8 Å². The Morgan fingerprint density at radius 1 is 1.32 bits per heavy atom. The lowest BCUT2D eigenvalue weighted by atomic mass is 10.3. The Hall–Kier alpha value is -2.19. The van der Waals surface area contributed by atoms with E-state index in [0.717, 1.165) is 0 Å². The molecule has 0 saturated carbocycles. The number of carbonyl (C=O) groups excluding carboxylic acids is 1. The van der Waals surface area contributed by atoms with Crippen LogP contribution in [0.3, 0.4) is 0 Å². The summed E-state index contributed by atoms with van der Waals surface area (Å²) in [5.41, 5.74) is 0.410. The van der Waals surface area contributed by atoms with E-state index in [-0.39, 0.29) is 10.8 Å². The highest BCUT2D eigenvalue weighted by Gasteiger charge is 2.13. The van der Waals surface area contributed by atoms with E-state index >= 15 is 0 Å². The van der Waals surface area contributed by atoms with Crippen LogP contribution in [0, 0.1) is 6.92 Å². The number of aromatic nitrogens is 1. The molecule has 8 heteroatoms. The first-order valence-electron chi connectivity index (χ1n) is 5.23. The Kier molecular flexibility index (Phi) is 3.36. The van der Waals surface area contributed by atoms with Crippen molar-refractivity contribution in [1.29, 1.82) is 0 Å². The van der Waals surface area contributed by atoms with Crippen molar-refractivity contribution in [3.05, 3.63) is 42.1 Å². The van der Waals surface area contributed by atoms with Crippen LogP contribution in [-0.2, 0) is 10.0 Å². The van der Waals surface area contributed by atoms with Gasteiger partial charge >= 0.3 is 5.91 Å². The van der Waals surface area contributed by atoms with Crippen molar-refractivity contribution in [3.63, 3.8) is 0 Å². The van der Waals surface area contributed by atoms with Crippen LogP contribution in [-0.4, -0.2) is 19.3 Å². The summed E-state index contributed by atoms with van der Waals surface area (Å²) in [5.74, 6) is -0.0563. The van der Waals surface area contributed by atoms with Crippen molar-refractivity contribution in [2.24, 2.45) is 5.14 Å². The van der Waals surface area contributed by atoms with Gasteiger partial charge in [0.2, 0.25) is 10.0 Å². The molecule has 19 heavy (non-hydrogen) atoms. The molecule has 0 saturated heterocycles. The number of hydrogen-bond acceptors (Lipinski definition) is 5. The summed E-state index contributed by atoms with van der Waals surface area (Å²) in [6, 6.07) is 5.44. The van der Waals surface area contributed by atoms with Crippen LogP contribution in [0.25, 0.3) is 0 Å². The first-order chi connectivity index (χ1) is 8.86. The smallest absolute Gasteiger partial charge is 0.311 e. The molecular formula is C11H11N3O4S. The van der Waals surface area contributed by atoms with E-state index in [2.05, 4.69) is 10.3 Å². The highest BCUT2D eigenvalue weighted by molar-refractivity contribution is 7.89. The van der Waals surface area contributed by atoms with Gasteiger partial charge in [-0.3, -0.25) is 4.79 Å². The summed E-state index contributed by atoms with van der Waals surface area (Å²) >= 11 is 0. The highest BCUT2D eigenvalue weighted by atomic mass is 32.2. The fourth-order valence-corrected chi connectivity index (χ4v) is 1.89. The van der Waals surface area contributed by atoms with Gasteiger partial charge in [0.05, 0.1) is 11.1 Å². The van der Waals surface area contributed by atoms with E-state index in [4.69, 9.17) is 9.56 Å². The standard InChI is InChI=1S/C11H11N3O4S/c1-7-6-13-11(18-7)10(15)14-8-2-4-9(5-3-8)19(12,16)17/h2-6H,1H3,(H,14,15)(H2,12,16,17). The summed E-state index contributed by atoms with van der Waals surface area (Å²) in [5, 5.41) is 7.48. The molecule has 0 fully saturated rings. The number of sulfonamides is 1. The van der Waals surface area contributed by atoms with E-state index in [1.54, 1.807) is 6.92 Å². The Labute approximate surface area is 109 Å². The number of amides is 1. The van der Waals surface area contributed by atoms with Crippen molar-refractivity contribution in [2.45, 2.75) is 11.8 Å². The summed E-state index contributed by atoms with van der Waals surface area (Å²) in [4.78, 5) is 15.4. The summed E-state index contributed by atoms with van der Waals surface area (Å²) in [7, 11) is -3.74. The Balaban J connectivity index is 2.14. The maximum Gasteiger partial charge on any atom is 0.311 e. The number of hydrogen-bond donors (Lipinski definition) is 2. The van der Waals surface area contributed by atoms with Crippen molar-refractivity contribution in [3.8, 4) is 0 Å². The number of benzene rings is 1. The molecule has 0 aliphatic rings. The van der Waals surface area contributed by atoms with Crippen LogP contribution in [0.1, 0.15) is 16.4 Å². The minimum Gasteiger partial charge on any atom is -0.438 e. The fraction of sp³-hybridized carbons (Fsp3) is 0.0909. The monoisotopic (exact) mass is 281 g/mol. The van der Waals surface area contributed by atoms with Gasteiger partial charge in [0, 0.05) is 5.69 Å². The first kappa shape index (κ1) is 13.2. The van der Waals surface area contributed by atoms with E-state index in [1.807, 2.05) is 0 Å². The van der Waals surface area contributed by atoms with Crippen LogP contribution in [0.5, 0.6) is 0 Å². The van der Waals surface area contributed by atoms with E-state index in [9.17, 15) is 13.2 Å². The van der Waals surface area contributed by atoms with Gasteiger partial charge in [-0.25, -0.2) is 18.5 Å². The number of anilines is 1. The average Bonchev–Trinajstić information content (AvgIpc) is 2.75. The molecule has 1 amide bonds. The second kappa shape index (κ2) is 4.82. The SMILES string of the molecule is Cc1cnc(C(=O)Nc2ccc(S(N)(=O)=O)cc2)o1. The second-order valence-corrected chi connectivity index (χ2v) is 5.36. The minimum absolute atomic E-state index is 0.0301. The second-order valence-electron chi connectivity index (χ2n) is 3.80. The lowest BCUT2D eigenvalue weighted by molar-refractivity contribution is 0.0989. The van der Waals surface area contributed by atoms with Gasteiger partial charge in [-0.05, 0) is 31.2 Å². The van der Waals surface area contributed by atoms with Gasteiger partial charge in [0.25, 0.3) is 5.89 Å². The number of nitrogens with one attached hydrogen (secondary N) is 1. The maximum absolute atomic E-state index is 11.7. The summed E-state index contributed by atoms with van der Waals surface area (Å²) in [6.07, 6.45) is 1.43. The molecule has 0 spiro atoms. The summed E-state index contributed by atoms with van der Waals surface area (Å²) < 4.78 is 27.2. The number of nitrogens with two attached hydrogens (primary N) is 1. The fourth-order valence-electron chi connectivity index (χ4n) is 1.37. The normalized spacial score (nSPS) is 11.3. The third kappa shape index (κ3) is 3.18. The highest BCUT2D eigenvalue weighted by Crippen LogP contribution is 2.13. The van der Waals surface area contributed by atoms with Crippen molar-refractivity contribution < 1.29 is 17.6 Å². The molecule has 2 aromatic rings. The molecule has 0 aliphatic heterocycles. The number of primary sulfonamides is 1. The van der Waals surface area contributed by atoms with E-state index in [1.165, 1.54) is 30.5 Å². The third-order valence-electron chi connectivity index (χ3n) is 2.26. The van der Waals surface area contributed by atoms with E-state index < -0.39 is 15.9 Å². The Morgan fingerprint density at radius 2 is 1.95 bits per heavy atom. The van der Waals surface area contributed by atoms with Crippen molar-refractivity contribution >= 4 is 21.6 Å². The van der Waals surface area contributed by atoms with Crippen LogP contribution < -0.4 is 10.5 Å².